The van der Waals surface area contributed by atoms with Crippen LogP contribution < -0.4 is 10.1 Å². The van der Waals surface area contributed by atoms with Gasteiger partial charge in [-0.3, -0.25) is 10.1 Å². The first-order valence-corrected chi connectivity index (χ1v) is 6.68. The fourth-order valence-corrected chi connectivity index (χ4v) is 2.36. The number of ether oxygens (including phenoxy) is 1. The summed E-state index contributed by atoms with van der Waals surface area (Å²) in [5.74, 6) is 0.0518. The predicted molar refractivity (Wildman–Crippen MR) is 74.1 cm³/mol. The summed E-state index contributed by atoms with van der Waals surface area (Å²) < 4.78 is 4.88. The molecule has 0 aromatic carbocycles. The summed E-state index contributed by atoms with van der Waals surface area (Å²) in [6, 6.07) is 0. The number of aryl methyl sites for hydroxylation is 1. The lowest BCUT2D eigenvalue weighted by Crippen LogP contribution is -2.06. The van der Waals surface area contributed by atoms with Gasteiger partial charge in [-0.25, -0.2) is 9.97 Å². The molecule has 1 N–H and O–H groups in total. The molecule has 0 saturated heterocycles. The number of hydrogen-bond donors (Lipinski definition) is 1. The fraction of sp³-hybridized carbons (Fsp3) is 0.364. The van der Waals surface area contributed by atoms with Crippen LogP contribution in [0.1, 0.15) is 16.8 Å². The Labute approximate surface area is 119 Å². The lowest BCUT2D eigenvalue weighted by molar-refractivity contribution is -0.385. The number of aromatic nitrogens is 3. The Morgan fingerprint density at radius 1 is 1.45 bits per heavy atom. The highest BCUT2D eigenvalue weighted by Crippen LogP contribution is 2.30. The second-order valence-electron chi connectivity index (χ2n) is 3.76. The van der Waals surface area contributed by atoms with Crippen LogP contribution in [0, 0.1) is 10.1 Å². The first kappa shape index (κ1) is 14.1. The van der Waals surface area contributed by atoms with E-state index in [1.54, 1.807) is 17.5 Å². The zero-order chi connectivity index (χ0) is 14.5. The number of thiazole rings is 1. The average molecular weight is 295 g/mol. The van der Waals surface area contributed by atoms with Gasteiger partial charge in [0, 0.05) is 11.1 Å². The van der Waals surface area contributed by atoms with Gasteiger partial charge in [0.05, 0.1) is 18.6 Å². The van der Waals surface area contributed by atoms with Gasteiger partial charge >= 0.3 is 5.69 Å². The van der Waals surface area contributed by atoms with Crippen LogP contribution in [0.15, 0.2) is 12.5 Å². The van der Waals surface area contributed by atoms with Crippen molar-refractivity contribution >= 4 is 22.8 Å². The van der Waals surface area contributed by atoms with E-state index < -0.39 is 4.92 Å². The van der Waals surface area contributed by atoms with Gasteiger partial charge in [-0.05, 0) is 6.42 Å². The minimum absolute atomic E-state index is 0.0686. The maximum atomic E-state index is 11.1. The summed E-state index contributed by atoms with van der Waals surface area (Å²) >= 11 is 1.56. The summed E-state index contributed by atoms with van der Waals surface area (Å²) in [6.07, 6.45) is 3.93. The van der Waals surface area contributed by atoms with E-state index in [1.807, 2.05) is 6.92 Å². The SMILES string of the molecule is CCc1cnc(CNc2ncnc(OC)c2[N+](=O)[O-])s1. The van der Waals surface area contributed by atoms with Gasteiger partial charge in [-0.15, -0.1) is 11.3 Å². The first-order chi connectivity index (χ1) is 9.65. The Bertz CT molecular complexity index is 616. The van der Waals surface area contributed by atoms with Crippen molar-refractivity contribution in [3.05, 3.63) is 32.5 Å². The van der Waals surface area contributed by atoms with Crippen LogP contribution in [0.5, 0.6) is 5.88 Å². The van der Waals surface area contributed by atoms with E-state index in [9.17, 15) is 10.1 Å². The topological polar surface area (TPSA) is 103 Å². The van der Waals surface area contributed by atoms with Crippen molar-refractivity contribution in [2.75, 3.05) is 12.4 Å². The quantitative estimate of drug-likeness (QED) is 0.642. The Morgan fingerprint density at radius 3 is 2.85 bits per heavy atom. The number of methoxy groups -OCH3 is 1. The number of hydrogen-bond acceptors (Lipinski definition) is 8. The van der Waals surface area contributed by atoms with E-state index >= 15 is 0 Å². The van der Waals surface area contributed by atoms with Crippen LogP contribution in [0.4, 0.5) is 11.5 Å². The highest BCUT2D eigenvalue weighted by atomic mass is 32.1. The van der Waals surface area contributed by atoms with Gasteiger partial charge in [0.1, 0.15) is 11.3 Å². The van der Waals surface area contributed by atoms with Crippen LogP contribution >= 0.6 is 11.3 Å². The summed E-state index contributed by atoms with van der Waals surface area (Å²) in [4.78, 5) is 23.5. The number of anilines is 1. The van der Waals surface area contributed by atoms with E-state index in [0.29, 0.717) is 6.54 Å². The van der Waals surface area contributed by atoms with Crippen LogP contribution in [-0.4, -0.2) is 27.0 Å². The minimum atomic E-state index is -0.569. The smallest absolute Gasteiger partial charge is 0.372 e. The number of rotatable bonds is 6. The molecule has 2 heterocycles. The molecule has 20 heavy (non-hydrogen) atoms. The zero-order valence-electron chi connectivity index (χ0n) is 11.0. The molecule has 9 heteroatoms. The lowest BCUT2D eigenvalue weighted by atomic mass is 10.4. The van der Waals surface area contributed by atoms with Crippen LogP contribution in [0.3, 0.4) is 0 Å². The molecule has 0 bridgehead atoms. The zero-order valence-corrected chi connectivity index (χ0v) is 11.8. The maximum Gasteiger partial charge on any atom is 0.372 e. The third-order valence-electron chi connectivity index (χ3n) is 2.52. The average Bonchev–Trinajstić information content (AvgIpc) is 2.92. The third kappa shape index (κ3) is 2.99. The molecule has 0 aliphatic heterocycles. The highest BCUT2D eigenvalue weighted by Gasteiger charge is 2.23. The van der Waals surface area contributed by atoms with Crippen LogP contribution in [-0.2, 0) is 13.0 Å². The van der Waals surface area contributed by atoms with Gasteiger partial charge in [0.25, 0.3) is 5.88 Å². The molecular formula is C11H13N5O3S. The van der Waals surface area contributed by atoms with Crippen molar-refractivity contribution in [3.63, 3.8) is 0 Å². The van der Waals surface area contributed by atoms with E-state index in [2.05, 4.69) is 20.3 Å². The van der Waals surface area contributed by atoms with Gasteiger partial charge in [-0.2, -0.15) is 4.98 Å². The summed E-state index contributed by atoms with van der Waals surface area (Å²) in [5, 5.41) is 14.8. The van der Waals surface area contributed by atoms with Gasteiger partial charge in [-0.1, -0.05) is 6.92 Å². The second kappa shape index (κ2) is 6.24. The highest BCUT2D eigenvalue weighted by molar-refractivity contribution is 7.11. The molecule has 0 saturated carbocycles. The molecule has 8 nitrogen and oxygen atoms in total. The lowest BCUT2D eigenvalue weighted by Gasteiger charge is -2.06. The van der Waals surface area contributed by atoms with Crippen molar-refractivity contribution < 1.29 is 9.66 Å². The molecule has 0 fully saturated rings. The molecule has 0 spiro atoms. The van der Waals surface area contributed by atoms with E-state index in [0.717, 1.165) is 16.3 Å². The molecule has 2 rings (SSSR count). The Balaban J connectivity index is 2.18. The molecule has 0 unspecified atom stereocenters. The van der Waals surface area contributed by atoms with Crippen molar-refractivity contribution in [2.45, 2.75) is 19.9 Å². The number of nitro groups is 1. The monoisotopic (exact) mass is 295 g/mol. The molecule has 0 aliphatic carbocycles. The molecule has 2 aromatic rings. The van der Waals surface area contributed by atoms with Crippen molar-refractivity contribution in [1.82, 2.24) is 15.0 Å². The summed E-state index contributed by atoms with van der Waals surface area (Å²) in [7, 11) is 1.33. The predicted octanol–water partition coefficient (Wildman–Crippen LogP) is 2.02. The van der Waals surface area contributed by atoms with Gasteiger partial charge < -0.3 is 10.1 Å². The Hall–Kier alpha value is -2.29. The number of nitrogens with zero attached hydrogens (tertiary/aromatic N) is 4. The van der Waals surface area contributed by atoms with Crippen LogP contribution in [0.25, 0.3) is 0 Å². The second-order valence-corrected chi connectivity index (χ2v) is 4.96. The van der Waals surface area contributed by atoms with Gasteiger partial charge in [0.15, 0.2) is 0 Å². The van der Waals surface area contributed by atoms with E-state index in [-0.39, 0.29) is 17.4 Å². The van der Waals surface area contributed by atoms with Gasteiger partial charge in [0.2, 0.25) is 5.82 Å². The third-order valence-corrected chi connectivity index (χ3v) is 3.66. The van der Waals surface area contributed by atoms with Crippen LogP contribution in [0.2, 0.25) is 0 Å². The molecular weight excluding hydrogens is 282 g/mol. The fourth-order valence-electron chi connectivity index (χ4n) is 1.56. The Morgan fingerprint density at radius 2 is 2.25 bits per heavy atom. The standard InChI is InChI=1S/C11H13N5O3S/c1-3-7-4-12-8(20-7)5-13-10-9(16(17)18)11(19-2)15-6-14-10/h4,6H,3,5H2,1-2H3,(H,13,14,15). The first-order valence-electron chi connectivity index (χ1n) is 5.86. The van der Waals surface area contributed by atoms with Crippen molar-refractivity contribution in [3.8, 4) is 5.88 Å². The summed E-state index contributed by atoms with van der Waals surface area (Å²) in [5.41, 5.74) is -0.276. The molecule has 0 aliphatic rings. The van der Waals surface area contributed by atoms with Crippen molar-refractivity contribution in [2.24, 2.45) is 0 Å². The van der Waals surface area contributed by atoms with E-state index in [1.165, 1.54) is 13.4 Å². The Kier molecular flexibility index (Phi) is 4.41. The van der Waals surface area contributed by atoms with E-state index in [4.69, 9.17) is 4.74 Å². The molecule has 0 amide bonds. The molecule has 2 aromatic heterocycles. The summed E-state index contributed by atoms with van der Waals surface area (Å²) in [6.45, 7) is 2.41. The molecule has 106 valence electrons. The molecule has 0 radical (unpaired) electrons. The van der Waals surface area contributed by atoms with Crippen molar-refractivity contribution in [1.29, 1.82) is 0 Å². The minimum Gasteiger partial charge on any atom is -0.476 e. The maximum absolute atomic E-state index is 11.1. The normalized spacial score (nSPS) is 10.3. The largest absolute Gasteiger partial charge is 0.476 e. The number of nitrogens with one attached hydrogen (secondary N) is 1. The molecule has 0 atom stereocenters.